The summed E-state index contributed by atoms with van der Waals surface area (Å²) < 4.78 is 6.46. The number of furan rings is 1. The van der Waals surface area contributed by atoms with Crippen LogP contribution in [0.15, 0.2) is 217 Å². The number of benzene rings is 9. The minimum atomic E-state index is 0.640. The Bertz CT molecular complexity index is 3230. The van der Waals surface area contributed by atoms with Crippen molar-refractivity contribution in [2.45, 2.75) is 0 Å². The average Bonchev–Trinajstić information content (AvgIpc) is 3.70. The highest BCUT2D eigenvalue weighted by Crippen LogP contribution is 2.41. The number of hydrogen-bond donors (Lipinski definition) is 0. The number of rotatable bonds is 7. The zero-order chi connectivity index (χ0) is 39.1. The zero-order valence-corrected chi connectivity index (χ0v) is 32.0. The molecule has 0 saturated carbocycles. The van der Waals surface area contributed by atoms with E-state index in [0.717, 1.165) is 60.9 Å². The topological polar surface area (TPSA) is 51.8 Å². The number of fused-ring (bicyclic) bond motifs is 4. The molecule has 0 fully saturated rings. The van der Waals surface area contributed by atoms with Crippen molar-refractivity contribution in [3.63, 3.8) is 0 Å². The molecule has 0 aliphatic carbocycles. The van der Waals surface area contributed by atoms with Crippen LogP contribution in [0.25, 0.3) is 111 Å². The summed E-state index contributed by atoms with van der Waals surface area (Å²) in [6.07, 6.45) is 0. The minimum absolute atomic E-state index is 0.640. The lowest BCUT2D eigenvalue weighted by molar-refractivity contribution is 0.669. The van der Waals surface area contributed by atoms with Gasteiger partial charge >= 0.3 is 0 Å². The summed E-state index contributed by atoms with van der Waals surface area (Å²) in [5.41, 5.74) is 13.9. The average molecular weight is 754 g/mol. The molecule has 0 aliphatic heterocycles. The van der Waals surface area contributed by atoms with Gasteiger partial charge in [-0.05, 0) is 79.5 Å². The molecule has 0 N–H and O–H groups in total. The number of aromatic nitrogens is 3. The maximum atomic E-state index is 6.46. The minimum Gasteiger partial charge on any atom is -0.456 e. The van der Waals surface area contributed by atoms with Crippen molar-refractivity contribution < 1.29 is 4.42 Å². The predicted octanol–water partition coefficient (Wildman–Crippen LogP) is 14.6. The number of nitrogens with zero attached hydrogens (tertiary/aromatic N) is 3. The summed E-state index contributed by atoms with van der Waals surface area (Å²) in [5, 5.41) is 4.60. The van der Waals surface area contributed by atoms with Crippen molar-refractivity contribution in [3.8, 4) is 78.7 Å². The summed E-state index contributed by atoms with van der Waals surface area (Å²) in [6.45, 7) is 0. The summed E-state index contributed by atoms with van der Waals surface area (Å²) in [4.78, 5) is 14.7. The van der Waals surface area contributed by atoms with Gasteiger partial charge in [0.05, 0.1) is 0 Å². The van der Waals surface area contributed by atoms with Gasteiger partial charge < -0.3 is 4.42 Å². The highest BCUT2D eigenvalue weighted by atomic mass is 16.3. The van der Waals surface area contributed by atoms with E-state index in [0.29, 0.717) is 17.5 Å². The van der Waals surface area contributed by atoms with E-state index in [2.05, 4.69) is 152 Å². The van der Waals surface area contributed by atoms with Crippen LogP contribution in [0.5, 0.6) is 0 Å². The Morgan fingerprint density at radius 1 is 0.271 bits per heavy atom. The summed E-state index contributed by atoms with van der Waals surface area (Å²) in [5.74, 6) is 1.94. The van der Waals surface area contributed by atoms with Crippen LogP contribution in [0, 0.1) is 0 Å². The molecule has 11 aromatic rings. The van der Waals surface area contributed by atoms with Crippen LogP contribution < -0.4 is 0 Å². The summed E-state index contributed by atoms with van der Waals surface area (Å²) in [6, 6.07) is 74.2. The second-order valence-corrected chi connectivity index (χ2v) is 14.8. The third kappa shape index (κ3) is 6.43. The summed E-state index contributed by atoms with van der Waals surface area (Å²) in [7, 11) is 0. The highest BCUT2D eigenvalue weighted by Gasteiger charge is 2.17. The lowest BCUT2D eigenvalue weighted by Gasteiger charge is -2.11. The van der Waals surface area contributed by atoms with Gasteiger partial charge in [-0.2, -0.15) is 0 Å². The predicted molar refractivity (Wildman–Crippen MR) is 243 cm³/mol. The highest BCUT2D eigenvalue weighted by molar-refractivity contribution is 6.16. The van der Waals surface area contributed by atoms with Crippen LogP contribution in [0.3, 0.4) is 0 Å². The fourth-order valence-corrected chi connectivity index (χ4v) is 8.16. The quantitative estimate of drug-likeness (QED) is 0.163. The van der Waals surface area contributed by atoms with E-state index >= 15 is 0 Å². The van der Waals surface area contributed by atoms with Crippen molar-refractivity contribution >= 4 is 32.7 Å². The Kier molecular flexibility index (Phi) is 8.45. The van der Waals surface area contributed by atoms with Gasteiger partial charge in [0.15, 0.2) is 17.5 Å². The fourth-order valence-electron chi connectivity index (χ4n) is 8.16. The first-order valence-electron chi connectivity index (χ1n) is 19.8. The molecule has 276 valence electrons. The molecular formula is C55H35N3O. The normalized spacial score (nSPS) is 11.4. The van der Waals surface area contributed by atoms with Crippen LogP contribution in [-0.2, 0) is 0 Å². The standard InChI is InChI=1S/C55H35N3O/c1-4-12-36(13-5-1)37-22-24-39(25-23-37)44-31-33-50-49(35-44)52-48(20-11-21-51(52)59-50)47-19-10-18-45-34-43(30-32-46(45)47)38-26-28-42(29-27-38)55-57-53(40-14-6-2-7-15-40)56-54(58-55)41-16-8-3-9-17-41/h1-35H. The molecule has 0 spiro atoms. The Morgan fingerprint density at radius 3 is 1.32 bits per heavy atom. The van der Waals surface area contributed by atoms with Gasteiger partial charge in [-0.15, -0.1) is 0 Å². The third-order valence-corrected chi connectivity index (χ3v) is 11.2. The molecule has 2 heterocycles. The van der Waals surface area contributed by atoms with Gasteiger partial charge in [0, 0.05) is 27.5 Å². The molecule has 4 nitrogen and oxygen atoms in total. The van der Waals surface area contributed by atoms with E-state index < -0.39 is 0 Å². The van der Waals surface area contributed by atoms with Crippen molar-refractivity contribution in [1.29, 1.82) is 0 Å². The smallest absolute Gasteiger partial charge is 0.164 e. The molecular weight excluding hydrogens is 719 g/mol. The third-order valence-electron chi connectivity index (χ3n) is 11.2. The maximum Gasteiger partial charge on any atom is 0.164 e. The molecule has 0 radical (unpaired) electrons. The Balaban J connectivity index is 0.937. The van der Waals surface area contributed by atoms with E-state index in [1.54, 1.807) is 0 Å². The van der Waals surface area contributed by atoms with Crippen LogP contribution in [0.4, 0.5) is 0 Å². The van der Waals surface area contributed by atoms with Crippen LogP contribution >= 0.6 is 0 Å². The molecule has 9 aromatic carbocycles. The first-order valence-corrected chi connectivity index (χ1v) is 19.8. The second kappa shape index (κ2) is 14.5. The van der Waals surface area contributed by atoms with Crippen LogP contribution in [0.1, 0.15) is 0 Å². The molecule has 0 aliphatic rings. The first-order chi connectivity index (χ1) is 29.2. The Labute approximate surface area is 341 Å². The fraction of sp³-hybridized carbons (Fsp3) is 0. The van der Waals surface area contributed by atoms with Crippen molar-refractivity contribution in [1.82, 2.24) is 15.0 Å². The molecule has 11 rings (SSSR count). The Morgan fingerprint density at radius 2 is 0.712 bits per heavy atom. The molecule has 0 bridgehead atoms. The van der Waals surface area contributed by atoms with E-state index in [-0.39, 0.29) is 0 Å². The molecule has 59 heavy (non-hydrogen) atoms. The van der Waals surface area contributed by atoms with Gasteiger partial charge in [0.2, 0.25) is 0 Å². The van der Waals surface area contributed by atoms with Crippen molar-refractivity contribution in [3.05, 3.63) is 212 Å². The zero-order valence-electron chi connectivity index (χ0n) is 32.0. The molecule has 0 saturated heterocycles. The van der Waals surface area contributed by atoms with Gasteiger partial charge in [-0.25, -0.2) is 15.0 Å². The second-order valence-electron chi connectivity index (χ2n) is 14.8. The lowest BCUT2D eigenvalue weighted by atomic mass is 9.92. The molecule has 0 unspecified atom stereocenters. The summed E-state index contributed by atoms with van der Waals surface area (Å²) >= 11 is 0. The molecule has 0 atom stereocenters. The van der Waals surface area contributed by atoms with Crippen molar-refractivity contribution in [2.24, 2.45) is 0 Å². The van der Waals surface area contributed by atoms with Gasteiger partial charge in [0.1, 0.15) is 11.2 Å². The monoisotopic (exact) mass is 753 g/mol. The SMILES string of the molecule is c1ccc(-c2ccc(-c3ccc4oc5cccc(-c6cccc7cc(-c8ccc(-c9nc(-c%10ccccc%10)nc(-c%10ccccc%10)n9)cc8)ccc67)c5c4c3)cc2)cc1. The molecule has 0 amide bonds. The Hall–Kier alpha value is -7.95. The maximum absolute atomic E-state index is 6.46. The number of hydrogen-bond acceptors (Lipinski definition) is 4. The van der Waals surface area contributed by atoms with Gasteiger partial charge in [-0.3, -0.25) is 0 Å². The van der Waals surface area contributed by atoms with Crippen molar-refractivity contribution in [2.75, 3.05) is 0 Å². The lowest BCUT2D eigenvalue weighted by Crippen LogP contribution is -2.00. The molecule has 2 aromatic heterocycles. The van der Waals surface area contributed by atoms with Crippen LogP contribution in [0.2, 0.25) is 0 Å². The van der Waals surface area contributed by atoms with E-state index in [4.69, 9.17) is 19.4 Å². The van der Waals surface area contributed by atoms with Gasteiger partial charge in [-0.1, -0.05) is 188 Å². The molecule has 4 heteroatoms. The first kappa shape index (κ1) is 34.3. The van der Waals surface area contributed by atoms with Crippen LogP contribution in [-0.4, -0.2) is 15.0 Å². The van der Waals surface area contributed by atoms with Gasteiger partial charge in [0.25, 0.3) is 0 Å². The van der Waals surface area contributed by atoms with E-state index in [1.807, 2.05) is 60.7 Å². The van der Waals surface area contributed by atoms with E-state index in [1.165, 1.54) is 33.0 Å². The van der Waals surface area contributed by atoms with E-state index in [9.17, 15) is 0 Å². The largest absolute Gasteiger partial charge is 0.456 e.